The van der Waals surface area contributed by atoms with Crippen molar-refractivity contribution in [3.63, 3.8) is 0 Å². The van der Waals surface area contributed by atoms with E-state index in [0.717, 1.165) is 16.6 Å². The van der Waals surface area contributed by atoms with Crippen LogP contribution in [0.15, 0.2) is 29.8 Å². The standard InChI is InChI=1S/C13H15ClN2S/c1-9-4-3-5-15-12(9)7-16-10(2)11-6-13(14)17-8-11/h3-6,8,10,16H,7H2,1-2H3. The number of thiophene rings is 1. The Kier molecular flexibility index (Phi) is 4.15. The SMILES string of the molecule is Cc1cccnc1CNC(C)c1csc(Cl)c1. The quantitative estimate of drug-likeness (QED) is 0.906. The minimum absolute atomic E-state index is 0.292. The summed E-state index contributed by atoms with van der Waals surface area (Å²) >= 11 is 7.49. The van der Waals surface area contributed by atoms with Gasteiger partial charge in [0.25, 0.3) is 0 Å². The Balaban J connectivity index is 1.97. The molecule has 0 aromatic carbocycles. The van der Waals surface area contributed by atoms with Crippen LogP contribution in [0.2, 0.25) is 4.34 Å². The van der Waals surface area contributed by atoms with E-state index in [0.29, 0.717) is 6.04 Å². The largest absolute Gasteiger partial charge is 0.305 e. The van der Waals surface area contributed by atoms with Crippen molar-refractivity contribution in [3.05, 3.63) is 50.9 Å². The molecule has 0 radical (unpaired) electrons. The number of halogens is 1. The molecule has 17 heavy (non-hydrogen) atoms. The van der Waals surface area contributed by atoms with E-state index >= 15 is 0 Å². The normalized spacial score (nSPS) is 12.6. The second-order valence-corrected chi connectivity index (χ2v) is 5.60. The van der Waals surface area contributed by atoms with Crippen LogP contribution in [0.3, 0.4) is 0 Å². The molecule has 0 amide bonds. The van der Waals surface area contributed by atoms with E-state index in [-0.39, 0.29) is 0 Å². The first-order chi connectivity index (χ1) is 8.16. The highest BCUT2D eigenvalue weighted by Crippen LogP contribution is 2.24. The lowest BCUT2D eigenvalue weighted by molar-refractivity contribution is 0.567. The van der Waals surface area contributed by atoms with Crippen LogP contribution in [-0.2, 0) is 6.54 Å². The summed E-state index contributed by atoms with van der Waals surface area (Å²) in [6.07, 6.45) is 1.83. The molecule has 0 aliphatic heterocycles. The van der Waals surface area contributed by atoms with Gasteiger partial charge in [-0.3, -0.25) is 4.98 Å². The number of aromatic nitrogens is 1. The lowest BCUT2D eigenvalue weighted by Crippen LogP contribution is -2.18. The maximum absolute atomic E-state index is 5.93. The van der Waals surface area contributed by atoms with Crippen molar-refractivity contribution in [2.45, 2.75) is 26.4 Å². The zero-order valence-electron chi connectivity index (χ0n) is 9.90. The van der Waals surface area contributed by atoms with E-state index < -0.39 is 0 Å². The Morgan fingerprint density at radius 3 is 3.00 bits per heavy atom. The fraction of sp³-hybridized carbons (Fsp3) is 0.308. The summed E-state index contributed by atoms with van der Waals surface area (Å²) in [5.41, 5.74) is 3.55. The third-order valence-corrected chi connectivity index (χ3v) is 3.89. The highest BCUT2D eigenvalue weighted by atomic mass is 35.5. The number of nitrogens with zero attached hydrogens (tertiary/aromatic N) is 1. The van der Waals surface area contributed by atoms with Gasteiger partial charge in [-0.05, 0) is 42.5 Å². The highest BCUT2D eigenvalue weighted by molar-refractivity contribution is 7.14. The van der Waals surface area contributed by atoms with Crippen molar-refractivity contribution in [1.29, 1.82) is 0 Å². The van der Waals surface area contributed by atoms with Crippen LogP contribution in [0.25, 0.3) is 0 Å². The van der Waals surface area contributed by atoms with Crippen LogP contribution in [0, 0.1) is 6.92 Å². The van der Waals surface area contributed by atoms with E-state index in [9.17, 15) is 0 Å². The monoisotopic (exact) mass is 266 g/mol. The predicted molar refractivity (Wildman–Crippen MR) is 73.6 cm³/mol. The molecule has 2 aromatic heterocycles. The van der Waals surface area contributed by atoms with Gasteiger partial charge in [-0.2, -0.15) is 0 Å². The third-order valence-electron chi connectivity index (χ3n) is 2.78. The minimum Gasteiger partial charge on any atom is -0.305 e. The summed E-state index contributed by atoms with van der Waals surface area (Å²) in [6.45, 7) is 4.99. The van der Waals surface area contributed by atoms with Crippen LogP contribution in [-0.4, -0.2) is 4.98 Å². The number of pyridine rings is 1. The van der Waals surface area contributed by atoms with E-state index in [1.165, 1.54) is 11.1 Å². The summed E-state index contributed by atoms with van der Waals surface area (Å²) < 4.78 is 0.836. The Hall–Kier alpha value is -0.900. The lowest BCUT2D eigenvalue weighted by Gasteiger charge is -2.13. The number of rotatable bonds is 4. The molecule has 0 bridgehead atoms. The fourth-order valence-electron chi connectivity index (χ4n) is 1.62. The molecule has 2 aromatic rings. The molecule has 1 atom stereocenters. The molecular weight excluding hydrogens is 252 g/mol. The van der Waals surface area contributed by atoms with Crippen LogP contribution in [0.5, 0.6) is 0 Å². The lowest BCUT2D eigenvalue weighted by atomic mass is 10.1. The maximum Gasteiger partial charge on any atom is 0.0931 e. The van der Waals surface area contributed by atoms with E-state index in [1.807, 2.05) is 18.3 Å². The Morgan fingerprint density at radius 1 is 1.53 bits per heavy atom. The summed E-state index contributed by atoms with van der Waals surface area (Å²) in [5, 5.41) is 5.54. The second kappa shape index (κ2) is 5.63. The summed E-state index contributed by atoms with van der Waals surface area (Å²) in [7, 11) is 0. The molecular formula is C13H15ClN2S. The molecule has 0 aliphatic carbocycles. The van der Waals surface area contributed by atoms with Gasteiger partial charge in [-0.25, -0.2) is 0 Å². The second-order valence-electron chi connectivity index (χ2n) is 4.05. The molecule has 90 valence electrons. The summed E-state index contributed by atoms with van der Waals surface area (Å²) in [4.78, 5) is 4.36. The maximum atomic E-state index is 5.93. The van der Waals surface area contributed by atoms with E-state index in [2.05, 4.69) is 35.6 Å². The van der Waals surface area contributed by atoms with Crippen molar-refractivity contribution in [2.24, 2.45) is 0 Å². The van der Waals surface area contributed by atoms with Gasteiger partial charge in [-0.1, -0.05) is 17.7 Å². The fourth-order valence-corrected chi connectivity index (χ4v) is 2.61. The molecule has 4 heteroatoms. The van der Waals surface area contributed by atoms with Gasteiger partial charge in [0.2, 0.25) is 0 Å². The van der Waals surface area contributed by atoms with Gasteiger partial charge in [0.05, 0.1) is 10.0 Å². The zero-order chi connectivity index (χ0) is 12.3. The first-order valence-electron chi connectivity index (χ1n) is 5.54. The van der Waals surface area contributed by atoms with Gasteiger partial charge in [-0.15, -0.1) is 11.3 Å². The molecule has 2 rings (SSSR count). The Bertz CT molecular complexity index is 496. The average molecular weight is 267 g/mol. The molecule has 0 aliphatic rings. The Morgan fingerprint density at radius 2 is 2.35 bits per heavy atom. The minimum atomic E-state index is 0.292. The summed E-state index contributed by atoms with van der Waals surface area (Å²) in [5.74, 6) is 0. The predicted octanol–water partition coefficient (Wildman–Crippen LogP) is 3.96. The molecule has 0 saturated carbocycles. The Labute approximate surface area is 111 Å². The highest BCUT2D eigenvalue weighted by Gasteiger charge is 2.08. The molecule has 2 heterocycles. The van der Waals surface area contributed by atoms with Gasteiger partial charge in [0.15, 0.2) is 0 Å². The number of hydrogen-bond donors (Lipinski definition) is 1. The molecule has 0 fully saturated rings. The van der Waals surface area contributed by atoms with Gasteiger partial charge < -0.3 is 5.32 Å². The average Bonchev–Trinajstić information content (AvgIpc) is 2.74. The van der Waals surface area contributed by atoms with Crippen molar-refractivity contribution in [1.82, 2.24) is 10.3 Å². The topological polar surface area (TPSA) is 24.9 Å². The van der Waals surface area contributed by atoms with Crippen LogP contribution >= 0.6 is 22.9 Å². The molecule has 1 N–H and O–H groups in total. The van der Waals surface area contributed by atoms with Crippen LogP contribution in [0.1, 0.15) is 29.8 Å². The number of aryl methyl sites for hydroxylation is 1. The molecule has 1 unspecified atom stereocenters. The molecule has 0 spiro atoms. The van der Waals surface area contributed by atoms with Crippen molar-refractivity contribution >= 4 is 22.9 Å². The van der Waals surface area contributed by atoms with Gasteiger partial charge in [0.1, 0.15) is 0 Å². The van der Waals surface area contributed by atoms with Crippen molar-refractivity contribution < 1.29 is 0 Å². The smallest absolute Gasteiger partial charge is 0.0931 e. The first-order valence-corrected chi connectivity index (χ1v) is 6.80. The molecule has 2 nitrogen and oxygen atoms in total. The third kappa shape index (κ3) is 3.28. The van der Waals surface area contributed by atoms with Crippen LogP contribution in [0.4, 0.5) is 0 Å². The zero-order valence-corrected chi connectivity index (χ0v) is 11.5. The van der Waals surface area contributed by atoms with E-state index in [1.54, 1.807) is 11.3 Å². The molecule has 0 saturated heterocycles. The van der Waals surface area contributed by atoms with Crippen molar-refractivity contribution in [2.75, 3.05) is 0 Å². The summed E-state index contributed by atoms with van der Waals surface area (Å²) in [6, 6.07) is 6.34. The number of nitrogens with one attached hydrogen (secondary N) is 1. The van der Waals surface area contributed by atoms with E-state index in [4.69, 9.17) is 11.6 Å². The van der Waals surface area contributed by atoms with Crippen LogP contribution < -0.4 is 5.32 Å². The van der Waals surface area contributed by atoms with Gasteiger partial charge >= 0.3 is 0 Å². The first kappa shape index (κ1) is 12.6. The number of hydrogen-bond acceptors (Lipinski definition) is 3. The van der Waals surface area contributed by atoms with Gasteiger partial charge in [0, 0.05) is 18.8 Å². The van der Waals surface area contributed by atoms with Crippen molar-refractivity contribution in [3.8, 4) is 0 Å².